The fourth-order valence-corrected chi connectivity index (χ4v) is 3.61. The van der Waals surface area contributed by atoms with Crippen LogP contribution in [0.1, 0.15) is 34.0 Å². The number of furan rings is 1. The van der Waals surface area contributed by atoms with Crippen molar-refractivity contribution in [3.05, 3.63) is 34.7 Å². The zero-order chi connectivity index (χ0) is 15.1. The van der Waals surface area contributed by atoms with E-state index < -0.39 is 0 Å². The van der Waals surface area contributed by atoms with Gasteiger partial charge in [0.05, 0.1) is 18.5 Å². The van der Waals surface area contributed by atoms with E-state index >= 15 is 0 Å². The molecule has 2 aromatic rings. The van der Waals surface area contributed by atoms with Crippen LogP contribution in [-0.2, 0) is 17.8 Å². The van der Waals surface area contributed by atoms with Crippen molar-refractivity contribution < 1.29 is 14.0 Å². The van der Waals surface area contributed by atoms with Gasteiger partial charge >= 0.3 is 0 Å². The third kappa shape index (κ3) is 2.52. The van der Waals surface area contributed by atoms with Gasteiger partial charge in [0, 0.05) is 23.8 Å². The molecule has 22 heavy (non-hydrogen) atoms. The van der Waals surface area contributed by atoms with Gasteiger partial charge in [-0.05, 0) is 25.0 Å². The first-order valence-electron chi connectivity index (χ1n) is 7.33. The average molecular weight is 317 g/mol. The van der Waals surface area contributed by atoms with Crippen molar-refractivity contribution in [1.82, 2.24) is 9.88 Å². The lowest BCUT2D eigenvalue weighted by Crippen LogP contribution is -2.36. The second-order valence-corrected chi connectivity index (χ2v) is 6.69. The first kappa shape index (κ1) is 13.5. The van der Waals surface area contributed by atoms with E-state index in [1.165, 1.54) is 17.6 Å². The minimum absolute atomic E-state index is 0.243. The van der Waals surface area contributed by atoms with Gasteiger partial charge in [0.1, 0.15) is 0 Å². The van der Waals surface area contributed by atoms with Gasteiger partial charge in [-0.25, -0.2) is 4.98 Å². The topological polar surface area (TPSA) is 75.4 Å². The van der Waals surface area contributed by atoms with Gasteiger partial charge in [-0.3, -0.25) is 14.9 Å². The summed E-state index contributed by atoms with van der Waals surface area (Å²) in [6.07, 6.45) is 4.26. The van der Waals surface area contributed by atoms with Gasteiger partial charge in [0.2, 0.25) is 5.91 Å². The quantitative estimate of drug-likeness (QED) is 0.942. The molecule has 0 aromatic carbocycles. The Balaban J connectivity index is 1.46. The number of carbonyl (C=O) groups is 2. The van der Waals surface area contributed by atoms with Gasteiger partial charge in [0.15, 0.2) is 10.9 Å². The lowest BCUT2D eigenvalue weighted by molar-refractivity contribution is -0.133. The maximum absolute atomic E-state index is 12.1. The molecular weight excluding hydrogens is 302 g/mol. The van der Waals surface area contributed by atoms with E-state index in [0.29, 0.717) is 11.7 Å². The molecule has 7 heteroatoms. The first-order valence-corrected chi connectivity index (χ1v) is 8.14. The summed E-state index contributed by atoms with van der Waals surface area (Å²) in [5, 5.41) is 3.31. The normalized spacial score (nSPS) is 17.2. The number of aromatic nitrogens is 1. The summed E-state index contributed by atoms with van der Waals surface area (Å²) in [6, 6.07) is 3.28. The standard InChI is InChI=1S/C15H15N3O3S/c19-13(11-2-1-7-21-11)17-15-16-10-5-6-18(8-12(10)22-15)14(20)9-3-4-9/h1-2,7,9H,3-6,8H2,(H,16,17,19). The second-order valence-electron chi connectivity index (χ2n) is 5.60. The molecule has 1 aliphatic carbocycles. The zero-order valence-electron chi connectivity index (χ0n) is 11.9. The number of amides is 2. The van der Waals surface area contributed by atoms with Gasteiger partial charge < -0.3 is 9.32 Å². The number of rotatable bonds is 3. The van der Waals surface area contributed by atoms with Gasteiger partial charge in [-0.2, -0.15) is 0 Å². The minimum Gasteiger partial charge on any atom is -0.459 e. The summed E-state index contributed by atoms with van der Waals surface area (Å²) in [7, 11) is 0. The monoisotopic (exact) mass is 317 g/mol. The third-order valence-electron chi connectivity index (χ3n) is 3.93. The molecule has 1 fully saturated rings. The van der Waals surface area contributed by atoms with Crippen LogP contribution in [0.4, 0.5) is 5.13 Å². The Bertz CT molecular complexity index is 718. The van der Waals surface area contributed by atoms with Crippen LogP contribution in [0.5, 0.6) is 0 Å². The fourth-order valence-electron chi connectivity index (χ4n) is 2.59. The minimum atomic E-state index is -0.304. The molecule has 1 N–H and O–H groups in total. The Hall–Kier alpha value is -2.15. The number of hydrogen-bond acceptors (Lipinski definition) is 5. The van der Waals surface area contributed by atoms with Crippen molar-refractivity contribution in [3.63, 3.8) is 0 Å². The molecule has 2 aliphatic rings. The molecule has 2 amide bonds. The number of anilines is 1. The molecule has 2 aromatic heterocycles. The highest BCUT2D eigenvalue weighted by atomic mass is 32.1. The molecule has 1 aliphatic heterocycles. The van der Waals surface area contributed by atoms with Crippen LogP contribution in [0.25, 0.3) is 0 Å². The van der Waals surface area contributed by atoms with E-state index in [2.05, 4.69) is 10.3 Å². The molecule has 6 nitrogen and oxygen atoms in total. The van der Waals surface area contributed by atoms with Crippen LogP contribution >= 0.6 is 11.3 Å². The Morgan fingerprint density at radius 2 is 2.27 bits per heavy atom. The summed E-state index contributed by atoms with van der Waals surface area (Å²) < 4.78 is 5.06. The van der Waals surface area contributed by atoms with Gasteiger partial charge in [-0.1, -0.05) is 11.3 Å². The van der Waals surface area contributed by atoms with Crippen LogP contribution in [0.3, 0.4) is 0 Å². The molecule has 0 unspecified atom stereocenters. The maximum atomic E-state index is 12.1. The van der Waals surface area contributed by atoms with Crippen molar-refractivity contribution >= 4 is 28.3 Å². The smallest absolute Gasteiger partial charge is 0.293 e. The van der Waals surface area contributed by atoms with Crippen LogP contribution in [0.2, 0.25) is 0 Å². The van der Waals surface area contributed by atoms with E-state index in [9.17, 15) is 9.59 Å². The number of hydrogen-bond donors (Lipinski definition) is 1. The van der Waals surface area contributed by atoms with E-state index in [1.54, 1.807) is 12.1 Å². The number of nitrogens with zero attached hydrogens (tertiary/aromatic N) is 2. The van der Waals surface area contributed by atoms with E-state index in [0.717, 1.165) is 36.4 Å². The molecule has 114 valence electrons. The van der Waals surface area contributed by atoms with Crippen LogP contribution in [-0.4, -0.2) is 28.2 Å². The van der Waals surface area contributed by atoms with E-state index in [1.807, 2.05) is 4.90 Å². The van der Waals surface area contributed by atoms with Crippen molar-refractivity contribution in [2.45, 2.75) is 25.8 Å². The molecule has 0 saturated heterocycles. The summed E-state index contributed by atoms with van der Waals surface area (Å²) in [4.78, 5) is 31.5. The van der Waals surface area contributed by atoms with Crippen molar-refractivity contribution in [2.75, 3.05) is 11.9 Å². The lowest BCUT2D eigenvalue weighted by Gasteiger charge is -2.26. The SMILES string of the molecule is O=C(Nc1nc2c(s1)CN(C(=O)C1CC1)CC2)c1ccco1. The zero-order valence-corrected chi connectivity index (χ0v) is 12.7. The Kier molecular flexibility index (Phi) is 3.22. The number of carbonyl (C=O) groups excluding carboxylic acids is 2. The predicted molar refractivity (Wildman–Crippen MR) is 80.6 cm³/mol. The van der Waals surface area contributed by atoms with E-state index in [-0.39, 0.29) is 23.5 Å². The fraction of sp³-hybridized carbons (Fsp3) is 0.400. The number of nitrogens with one attached hydrogen (secondary N) is 1. The van der Waals surface area contributed by atoms with Crippen molar-refractivity contribution in [1.29, 1.82) is 0 Å². The predicted octanol–water partition coefficient (Wildman–Crippen LogP) is 2.28. The maximum Gasteiger partial charge on any atom is 0.293 e. The Labute approximate surface area is 131 Å². The molecule has 1 saturated carbocycles. The highest BCUT2D eigenvalue weighted by Gasteiger charge is 2.35. The van der Waals surface area contributed by atoms with Crippen molar-refractivity contribution in [3.8, 4) is 0 Å². The highest BCUT2D eigenvalue weighted by molar-refractivity contribution is 7.15. The molecular formula is C15H15N3O3S. The van der Waals surface area contributed by atoms with Crippen LogP contribution in [0.15, 0.2) is 22.8 Å². The second kappa shape index (κ2) is 5.24. The largest absolute Gasteiger partial charge is 0.459 e. The number of thiazole rings is 1. The molecule has 0 radical (unpaired) electrons. The lowest BCUT2D eigenvalue weighted by atomic mass is 10.1. The summed E-state index contributed by atoms with van der Waals surface area (Å²) in [6.45, 7) is 1.33. The Morgan fingerprint density at radius 3 is 3.00 bits per heavy atom. The van der Waals surface area contributed by atoms with Crippen LogP contribution < -0.4 is 5.32 Å². The molecule has 0 bridgehead atoms. The highest BCUT2D eigenvalue weighted by Crippen LogP contribution is 2.34. The van der Waals surface area contributed by atoms with Crippen LogP contribution in [0, 0.1) is 5.92 Å². The molecule has 0 spiro atoms. The summed E-state index contributed by atoms with van der Waals surface area (Å²) in [5.41, 5.74) is 0.986. The Morgan fingerprint density at radius 1 is 1.41 bits per heavy atom. The molecule has 4 rings (SSSR count). The van der Waals surface area contributed by atoms with Crippen molar-refractivity contribution in [2.24, 2.45) is 5.92 Å². The first-order chi connectivity index (χ1) is 10.7. The summed E-state index contributed by atoms with van der Waals surface area (Å²) in [5.74, 6) is 0.466. The summed E-state index contributed by atoms with van der Waals surface area (Å²) >= 11 is 1.44. The third-order valence-corrected chi connectivity index (χ3v) is 4.93. The van der Waals surface area contributed by atoms with Gasteiger partial charge in [0.25, 0.3) is 5.91 Å². The van der Waals surface area contributed by atoms with E-state index in [4.69, 9.17) is 4.42 Å². The number of fused-ring (bicyclic) bond motifs is 1. The average Bonchev–Trinajstić information content (AvgIpc) is 3.07. The van der Waals surface area contributed by atoms with Gasteiger partial charge in [-0.15, -0.1) is 0 Å². The molecule has 0 atom stereocenters. The molecule has 3 heterocycles.